The molecule has 2 aliphatic heterocycles. The Hall–Kier alpha value is -2.41. The zero-order valence-corrected chi connectivity index (χ0v) is 14.5. The molecule has 25 heavy (non-hydrogen) atoms. The van der Waals surface area contributed by atoms with Gasteiger partial charge in [-0.15, -0.1) is 0 Å². The van der Waals surface area contributed by atoms with Gasteiger partial charge < -0.3 is 20.0 Å². The summed E-state index contributed by atoms with van der Waals surface area (Å²) in [5.41, 5.74) is 1.32. The van der Waals surface area contributed by atoms with E-state index in [2.05, 4.69) is 17.3 Å². The highest BCUT2D eigenvalue weighted by molar-refractivity contribution is 6.10. The molecule has 3 rings (SSSR count). The first kappa shape index (κ1) is 17.4. The van der Waals surface area contributed by atoms with Crippen molar-refractivity contribution in [3.63, 3.8) is 0 Å². The van der Waals surface area contributed by atoms with Crippen LogP contribution >= 0.6 is 0 Å². The summed E-state index contributed by atoms with van der Waals surface area (Å²) in [6.07, 6.45) is 1.26. The first-order valence-corrected chi connectivity index (χ1v) is 8.70. The van der Waals surface area contributed by atoms with Gasteiger partial charge in [0.05, 0.1) is 11.4 Å². The zero-order chi connectivity index (χ0) is 17.8. The quantitative estimate of drug-likeness (QED) is 0.885. The van der Waals surface area contributed by atoms with Gasteiger partial charge in [-0.3, -0.25) is 14.4 Å². The Morgan fingerprint density at radius 3 is 2.64 bits per heavy atom. The van der Waals surface area contributed by atoms with Gasteiger partial charge in [-0.2, -0.15) is 0 Å². The van der Waals surface area contributed by atoms with Crippen LogP contribution < -0.4 is 10.2 Å². The van der Waals surface area contributed by atoms with Gasteiger partial charge in [0.15, 0.2) is 0 Å². The number of para-hydroxylation sites is 2. The molecule has 0 bridgehead atoms. The van der Waals surface area contributed by atoms with Crippen LogP contribution in [0.15, 0.2) is 24.3 Å². The molecule has 2 heterocycles. The number of rotatable bonds is 3. The molecule has 1 saturated heterocycles. The molecule has 0 aliphatic carbocycles. The lowest BCUT2D eigenvalue weighted by Crippen LogP contribution is -2.42. The Bertz CT molecular complexity index is 676. The van der Waals surface area contributed by atoms with Crippen molar-refractivity contribution in [2.75, 3.05) is 50.0 Å². The molecule has 0 radical (unpaired) electrons. The topological polar surface area (TPSA) is 73.0 Å². The summed E-state index contributed by atoms with van der Waals surface area (Å²) in [6, 6.07) is 7.22. The van der Waals surface area contributed by atoms with E-state index in [1.807, 2.05) is 17.0 Å². The van der Waals surface area contributed by atoms with Crippen LogP contribution in [0.3, 0.4) is 0 Å². The summed E-state index contributed by atoms with van der Waals surface area (Å²) >= 11 is 0. The monoisotopic (exact) mass is 344 g/mol. The van der Waals surface area contributed by atoms with Gasteiger partial charge in [0.25, 0.3) is 0 Å². The lowest BCUT2D eigenvalue weighted by atomic mass is 10.1. The third-order valence-electron chi connectivity index (χ3n) is 4.70. The van der Waals surface area contributed by atoms with E-state index < -0.39 is 0 Å². The molecule has 3 amide bonds. The molecule has 7 nitrogen and oxygen atoms in total. The molecule has 134 valence electrons. The Balaban J connectivity index is 1.59. The number of likely N-dealkylation sites (N-methyl/N-ethyl adjacent to an activating group) is 1. The normalized spacial score (nSPS) is 18.4. The Morgan fingerprint density at radius 2 is 1.80 bits per heavy atom. The van der Waals surface area contributed by atoms with Crippen LogP contribution in [0, 0.1) is 0 Å². The van der Waals surface area contributed by atoms with E-state index in [1.165, 1.54) is 4.90 Å². The van der Waals surface area contributed by atoms with Crippen LogP contribution in [0.25, 0.3) is 0 Å². The number of amides is 3. The lowest BCUT2D eigenvalue weighted by Gasteiger charge is -2.29. The minimum atomic E-state index is -0.214. The van der Waals surface area contributed by atoms with Gasteiger partial charge in [-0.1, -0.05) is 12.1 Å². The standard InChI is InChI=1S/C18H24N4O3/c1-20-9-4-10-21(12-11-20)17(24)7-8-18(25)22-13-16(23)19-14-5-2-3-6-15(14)22/h2-3,5-6H,4,7-13H2,1H3,(H,19,23). The molecule has 0 aromatic heterocycles. The Morgan fingerprint density at radius 1 is 1.04 bits per heavy atom. The van der Waals surface area contributed by atoms with Gasteiger partial charge in [-0.25, -0.2) is 0 Å². The first-order chi connectivity index (χ1) is 12.0. The fourth-order valence-electron chi connectivity index (χ4n) is 3.26. The fraction of sp³-hybridized carbons (Fsp3) is 0.500. The van der Waals surface area contributed by atoms with E-state index in [1.54, 1.807) is 12.1 Å². The van der Waals surface area contributed by atoms with Crippen LogP contribution in [0.2, 0.25) is 0 Å². The molecule has 0 atom stereocenters. The van der Waals surface area contributed by atoms with Crippen molar-refractivity contribution in [2.45, 2.75) is 19.3 Å². The fourth-order valence-corrected chi connectivity index (χ4v) is 3.26. The smallest absolute Gasteiger partial charge is 0.244 e. The van der Waals surface area contributed by atoms with Crippen LogP contribution in [0.1, 0.15) is 19.3 Å². The molecule has 1 aromatic rings. The highest BCUT2D eigenvalue weighted by atomic mass is 16.2. The van der Waals surface area contributed by atoms with Gasteiger partial charge in [0, 0.05) is 32.5 Å². The highest BCUT2D eigenvalue weighted by Gasteiger charge is 2.27. The molecular weight excluding hydrogens is 320 g/mol. The zero-order valence-electron chi connectivity index (χ0n) is 14.5. The Labute approximate surface area is 147 Å². The second-order valence-corrected chi connectivity index (χ2v) is 6.58. The van der Waals surface area contributed by atoms with Crippen LogP contribution in [-0.4, -0.2) is 67.3 Å². The molecular formula is C18H24N4O3. The summed E-state index contributed by atoms with van der Waals surface area (Å²) in [4.78, 5) is 42.3. The lowest BCUT2D eigenvalue weighted by molar-refractivity contribution is -0.133. The van der Waals surface area contributed by atoms with Crippen LogP contribution in [-0.2, 0) is 14.4 Å². The number of nitrogens with zero attached hydrogens (tertiary/aromatic N) is 3. The maximum absolute atomic E-state index is 12.6. The van der Waals surface area contributed by atoms with Gasteiger partial charge in [0.1, 0.15) is 6.54 Å². The number of hydrogen-bond donors (Lipinski definition) is 1. The average Bonchev–Trinajstić information content (AvgIpc) is 2.83. The SMILES string of the molecule is CN1CCCN(C(=O)CCC(=O)N2CC(=O)Nc3ccccc32)CC1. The number of carbonyl (C=O) groups excluding carboxylic acids is 3. The van der Waals surface area contributed by atoms with E-state index in [-0.39, 0.29) is 37.1 Å². The van der Waals surface area contributed by atoms with Crippen LogP contribution in [0.5, 0.6) is 0 Å². The first-order valence-electron chi connectivity index (χ1n) is 8.70. The number of carbonyl (C=O) groups is 3. The van der Waals surface area contributed by atoms with Crippen molar-refractivity contribution in [3.8, 4) is 0 Å². The van der Waals surface area contributed by atoms with Crippen molar-refractivity contribution >= 4 is 29.1 Å². The minimum Gasteiger partial charge on any atom is -0.341 e. The van der Waals surface area contributed by atoms with Crippen molar-refractivity contribution < 1.29 is 14.4 Å². The second kappa shape index (κ2) is 7.65. The molecule has 1 fully saturated rings. The van der Waals surface area contributed by atoms with Crippen LogP contribution in [0.4, 0.5) is 11.4 Å². The number of benzene rings is 1. The number of hydrogen-bond acceptors (Lipinski definition) is 4. The van der Waals surface area contributed by atoms with Crippen molar-refractivity contribution in [1.29, 1.82) is 0 Å². The average molecular weight is 344 g/mol. The van der Waals surface area contributed by atoms with E-state index >= 15 is 0 Å². The third-order valence-corrected chi connectivity index (χ3v) is 4.70. The van der Waals surface area contributed by atoms with E-state index in [4.69, 9.17) is 0 Å². The van der Waals surface area contributed by atoms with E-state index in [9.17, 15) is 14.4 Å². The second-order valence-electron chi connectivity index (χ2n) is 6.58. The van der Waals surface area contributed by atoms with Crippen molar-refractivity contribution in [2.24, 2.45) is 0 Å². The highest BCUT2D eigenvalue weighted by Crippen LogP contribution is 2.29. The maximum Gasteiger partial charge on any atom is 0.244 e. The predicted molar refractivity (Wildman–Crippen MR) is 95.4 cm³/mol. The number of fused-ring (bicyclic) bond motifs is 1. The summed E-state index contributed by atoms with van der Waals surface area (Å²) in [5, 5.41) is 2.76. The van der Waals surface area contributed by atoms with Crippen molar-refractivity contribution in [1.82, 2.24) is 9.80 Å². The summed E-state index contributed by atoms with van der Waals surface area (Å²) in [7, 11) is 2.05. The molecule has 0 saturated carbocycles. The molecule has 7 heteroatoms. The minimum absolute atomic E-state index is 0.00144. The summed E-state index contributed by atoms with van der Waals surface area (Å²) < 4.78 is 0. The summed E-state index contributed by atoms with van der Waals surface area (Å²) in [5.74, 6) is -0.394. The third kappa shape index (κ3) is 4.17. The number of anilines is 2. The molecule has 2 aliphatic rings. The predicted octanol–water partition coefficient (Wildman–Crippen LogP) is 0.916. The maximum atomic E-state index is 12.6. The Kier molecular flexibility index (Phi) is 5.33. The van der Waals surface area contributed by atoms with E-state index in [0.29, 0.717) is 17.9 Å². The van der Waals surface area contributed by atoms with E-state index in [0.717, 1.165) is 26.1 Å². The van der Waals surface area contributed by atoms with Gasteiger partial charge >= 0.3 is 0 Å². The van der Waals surface area contributed by atoms with Gasteiger partial charge in [0.2, 0.25) is 17.7 Å². The molecule has 0 spiro atoms. The van der Waals surface area contributed by atoms with Gasteiger partial charge in [-0.05, 0) is 32.1 Å². The largest absolute Gasteiger partial charge is 0.341 e. The molecule has 1 aromatic carbocycles. The molecule has 0 unspecified atom stereocenters. The molecule has 1 N–H and O–H groups in total. The number of nitrogens with one attached hydrogen (secondary N) is 1. The summed E-state index contributed by atoms with van der Waals surface area (Å²) in [6.45, 7) is 3.30. The van der Waals surface area contributed by atoms with Crippen molar-refractivity contribution in [3.05, 3.63) is 24.3 Å².